The molecule has 0 bridgehead atoms. The first-order valence-electron chi connectivity index (χ1n) is 7.10. The number of carbonyl (C=O) groups is 2. The number of hydrogen-bond acceptors (Lipinski definition) is 6. The zero-order valence-electron chi connectivity index (χ0n) is 14.9. The summed E-state index contributed by atoms with van der Waals surface area (Å²) in [6, 6.07) is 7.25. The van der Waals surface area contributed by atoms with Crippen LogP contribution in [0.2, 0.25) is 0 Å². The molecule has 29 heavy (non-hydrogen) atoms. The van der Waals surface area contributed by atoms with Gasteiger partial charge in [0.25, 0.3) is 11.9 Å². The van der Waals surface area contributed by atoms with Gasteiger partial charge in [0.15, 0.2) is 0 Å². The van der Waals surface area contributed by atoms with Crippen molar-refractivity contribution in [1.82, 2.24) is 0 Å². The first-order chi connectivity index (χ1) is 13.3. The molecule has 10 nitrogen and oxygen atoms in total. The Morgan fingerprint density at radius 1 is 0.862 bits per heavy atom. The first kappa shape index (κ1) is 28.4. The molecular formula is C14H16Cl2O10P2Zr. The molecule has 0 saturated carbocycles. The Balaban J connectivity index is 0.000000477. The summed E-state index contributed by atoms with van der Waals surface area (Å²) in [6.45, 7) is 0. The number of halogens is 2. The SMILES string of the molecule is COC(=O)c1cc[c-](P(=O)(O)O)c1.COC(=O)c1cc[c-](P(=O)(O)O)c1.[Cl][Zr+2][Cl]. The van der Waals surface area contributed by atoms with Gasteiger partial charge >= 0.3 is 53.1 Å². The quantitative estimate of drug-likeness (QED) is 0.240. The monoisotopic (exact) mass is 566 g/mol. The Bertz CT molecular complexity index is 826. The molecule has 0 amide bonds. The van der Waals surface area contributed by atoms with Crippen molar-refractivity contribution in [2.75, 3.05) is 14.2 Å². The Morgan fingerprint density at radius 2 is 1.14 bits per heavy atom. The fraction of sp³-hybridized carbons (Fsp3) is 0.143. The zero-order chi connectivity index (χ0) is 22.8. The van der Waals surface area contributed by atoms with Gasteiger partial charge in [-0.15, -0.1) is 0 Å². The molecule has 0 atom stereocenters. The molecule has 15 heteroatoms. The van der Waals surface area contributed by atoms with E-state index in [0.717, 1.165) is 12.1 Å². The Hall–Kier alpha value is -0.597. The minimum absolute atomic E-state index is 0.140. The number of rotatable bonds is 4. The molecule has 0 aliphatic carbocycles. The second-order valence-corrected chi connectivity index (χ2v) is 11.8. The molecule has 160 valence electrons. The second-order valence-electron chi connectivity index (χ2n) is 4.86. The van der Waals surface area contributed by atoms with Crippen LogP contribution in [0.1, 0.15) is 20.7 Å². The number of methoxy groups -OCH3 is 2. The van der Waals surface area contributed by atoms with Crippen molar-refractivity contribution in [3.8, 4) is 0 Å². The molecule has 0 aromatic heterocycles. The molecule has 0 fully saturated rings. The Labute approximate surface area is 184 Å². The first-order valence-corrected chi connectivity index (χ1v) is 16.7. The van der Waals surface area contributed by atoms with E-state index in [1.165, 1.54) is 38.5 Å². The van der Waals surface area contributed by atoms with Crippen molar-refractivity contribution in [2.45, 2.75) is 0 Å². The summed E-state index contributed by atoms with van der Waals surface area (Å²) in [7, 11) is 3.76. The zero-order valence-corrected chi connectivity index (χ0v) is 20.6. The summed E-state index contributed by atoms with van der Waals surface area (Å²) >= 11 is -0.826. The molecule has 4 N–H and O–H groups in total. The minimum atomic E-state index is -4.26. The van der Waals surface area contributed by atoms with Crippen molar-refractivity contribution in [1.29, 1.82) is 0 Å². The van der Waals surface area contributed by atoms with Gasteiger partial charge in [-0.2, -0.15) is 36.4 Å². The third kappa shape index (κ3) is 10.3. The standard InChI is InChI=1S/2C7H8O5P.2ClH.Zr/c2*1-12-7(8)5-2-3-6(4-5)13(9,10)11;;;/h2*2-4H,1H3,(H2,9,10,11);2*1H;/q2*-1;;;+4/p-2. The van der Waals surface area contributed by atoms with Gasteiger partial charge in [-0.1, -0.05) is 11.1 Å². The van der Waals surface area contributed by atoms with Crippen LogP contribution in [0.4, 0.5) is 0 Å². The van der Waals surface area contributed by atoms with Gasteiger partial charge in [0.2, 0.25) is 0 Å². The van der Waals surface area contributed by atoms with Gasteiger partial charge in [-0.3, -0.25) is 18.7 Å². The molecule has 0 heterocycles. The number of carbonyl (C=O) groups excluding carboxylic acids is 2. The van der Waals surface area contributed by atoms with Gasteiger partial charge < -0.3 is 29.0 Å². The number of hydrogen-bond donors (Lipinski definition) is 4. The van der Waals surface area contributed by atoms with Crippen molar-refractivity contribution < 1.29 is 68.6 Å². The van der Waals surface area contributed by atoms with E-state index in [2.05, 4.69) is 9.47 Å². The molecule has 2 rings (SSSR count). The van der Waals surface area contributed by atoms with Gasteiger partial charge in [0.1, 0.15) is 0 Å². The summed E-state index contributed by atoms with van der Waals surface area (Å²) in [6.07, 6.45) is 0. The molecule has 0 unspecified atom stereocenters. The summed E-state index contributed by atoms with van der Waals surface area (Å²) in [5.74, 6) is -1.22. The number of esters is 2. The molecule has 2 aromatic rings. The summed E-state index contributed by atoms with van der Waals surface area (Å²) in [5.41, 5.74) is 0.279. The van der Waals surface area contributed by atoms with Crippen LogP contribution in [-0.2, 0) is 39.5 Å². The maximum absolute atomic E-state index is 10.9. The molecule has 0 saturated heterocycles. The van der Waals surface area contributed by atoms with E-state index < -0.39 is 48.0 Å². The van der Waals surface area contributed by atoms with Crippen molar-refractivity contribution >= 4 is 54.8 Å². The van der Waals surface area contributed by atoms with Gasteiger partial charge in [-0.05, 0) is 10.6 Å². The van der Waals surface area contributed by atoms with Crippen LogP contribution < -0.4 is 10.6 Å². The third-order valence-corrected chi connectivity index (χ3v) is 4.89. The van der Waals surface area contributed by atoms with E-state index in [9.17, 15) is 18.7 Å². The van der Waals surface area contributed by atoms with Crippen LogP contribution in [0, 0.1) is 0 Å². The van der Waals surface area contributed by atoms with Crippen molar-refractivity contribution in [3.05, 3.63) is 47.5 Å². The predicted molar refractivity (Wildman–Crippen MR) is 102 cm³/mol. The Morgan fingerprint density at radius 3 is 1.31 bits per heavy atom. The number of ether oxygens (including phenoxy) is 2. The fourth-order valence-corrected chi connectivity index (χ4v) is 2.87. The second kappa shape index (κ2) is 13.0. The van der Waals surface area contributed by atoms with Crippen LogP contribution in [0.25, 0.3) is 0 Å². The third-order valence-electron chi connectivity index (χ3n) is 2.99. The maximum atomic E-state index is 10.9. The topological polar surface area (TPSA) is 168 Å². The van der Waals surface area contributed by atoms with Crippen LogP contribution in [-0.4, -0.2) is 45.7 Å². The average Bonchev–Trinajstić information content (AvgIpc) is 3.30. The van der Waals surface area contributed by atoms with E-state index in [0.29, 0.717) is 0 Å². The summed E-state index contributed by atoms with van der Waals surface area (Å²) in [5, 5.41) is -0.346. The van der Waals surface area contributed by atoms with Crippen molar-refractivity contribution in [2.24, 2.45) is 0 Å². The van der Waals surface area contributed by atoms with Crippen LogP contribution in [0.3, 0.4) is 0 Å². The van der Waals surface area contributed by atoms with Gasteiger partial charge in [0.05, 0.1) is 14.2 Å². The van der Waals surface area contributed by atoms with Crippen LogP contribution in [0.15, 0.2) is 36.4 Å². The van der Waals surface area contributed by atoms with Crippen LogP contribution >= 0.6 is 32.2 Å². The Kier molecular flexibility index (Phi) is 12.7. The molecule has 0 spiro atoms. The van der Waals surface area contributed by atoms with E-state index in [-0.39, 0.29) is 21.7 Å². The normalized spacial score (nSPS) is 10.5. The van der Waals surface area contributed by atoms with E-state index >= 15 is 0 Å². The van der Waals surface area contributed by atoms with Crippen molar-refractivity contribution in [3.63, 3.8) is 0 Å². The molecule has 2 aromatic carbocycles. The van der Waals surface area contributed by atoms with E-state index in [1.807, 2.05) is 0 Å². The summed E-state index contributed by atoms with van der Waals surface area (Å²) in [4.78, 5) is 56.6. The van der Waals surface area contributed by atoms with E-state index in [1.54, 1.807) is 0 Å². The van der Waals surface area contributed by atoms with Crippen LogP contribution in [0.5, 0.6) is 0 Å². The molecule has 0 aliphatic heterocycles. The average molecular weight is 568 g/mol. The van der Waals surface area contributed by atoms with Gasteiger partial charge in [-0.25, -0.2) is 0 Å². The summed E-state index contributed by atoms with van der Waals surface area (Å²) < 4.78 is 30.1. The molecular weight excluding hydrogens is 552 g/mol. The predicted octanol–water partition coefficient (Wildman–Crippen LogP) is 1.37. The molecule has 0 aliphatic rings. The molecule has 0 radical (unpaired) electrons. The van der Waals surface area contributed by atoms with E-state index in [4.69, 9.17) is 36.6 Å². The fourth-order valence-electron chi connectivity index (χ4n) is 1.71. The van der Waals surface area contributed by atoms with Gasteiger partial charge in [0, 0.05) is 0 Å².